The van der Waals surface area contributed by atoms with Crippen molar-refractivity contribution >= 4 is 21.9 Å². The lowest BCUT2D eigenvalue weighted by molar-refractivity contribution is 0.567. The van der Waals surface area contributed by atoms with E-state index in [0.29, 0.717) is 10.9 Å². The first kappa shape index (κ1) is 10.4. The molecular weight excluding hydrogens is 204 g/mol. The molecule has 1 nitrogen and oxygen atoms in total. The number of carbonyl (C=O) groups excluding carboxylic acids is 1. The molecule has 0 N–H and O–H groups in total. The summed E-state index contributed by atoms with van der Waals surface area (Å²) in [5, 5.41) is 0.693. The summed E-state index contributed by atoms with van der Waals surface area (Å²) in [4.78, 5) is 10.2. The molecule has 0 heterocycles. The van der Waals surface area contributed by atoms with Gasteiger partial charge in [0.1, 0.15) is 5.94 Å². The van der Waals surface area contributed by atoms with Crippen LogP contribution >= 0.6 is 15.9 Å². The van der Waals surface area contributed by atoms with Gasteiger partial charge in [-0.2, -0.15) is 0 Å². The normalized spacial score (nSPS) is 11.7. The van der Waals surface area contributed by atoms with Crippen molar-refractivity contribution in [2.24, 2.45) is 0 Å². The molecule has 0 amide bonds. The maximum atomic E-state index is 10.2. The largest absolute Gasteiger partial charge is 0.233 e. The Morgan fingerprint density at radius 1 is 1.64 bits per heavy atom. The van der Waals surface area contributed by atoms with Gasteiger partial charge in [0, 0.05) is 10.9 Å². The van der Waals surface area contributed by atoms with E-state index in [2.05, 4.69) is 15.9 Å². The van der Waals surface area contributed by atoms with Crippen LogP contribution in [0.25, 0.3) is 0 Å². The molecule has 0 fully saturated rings. The molecule has 0 aromatic heterocycles. The number of hydrogen-bond acceptors (Lipinski definition) is 1. The highest BCUT2D eigenvalue weighted by molar-refractivity contribution is 9.09. The molecule has 60 valence electrons. The third-order valence-electron chi connectivity index (χ3n) is 1.27. The zero-order valence-electron chi connectivity index (χ0n) is 6.73. The summed E-state index contributed by atoms with van der Waals surface area (Å²) in [5.74, 6) is 1.86. The molecule has 0 aromatic carbocycles. The average Bonchev–Trinajstić information content (AvgIpc) is 2.05. The van der Waals surface area contributed by atoms with E-state index in [1.54, 1.807) is 6.92 Å². The quantitative estimate of drug-likeness (QED) is 0.402. The molecule has 0 saturated carbocycles. The lowest BCUT2D eigenvalue weighted by Crippen LogP contribution is -1.86. The number of allylic oxidation sites excluding steroid dienone is 5. The highest BCUT2D eigenvalue weighted by atomic mass is 79.9. The summed E-state index contributed by atoms with van der Waals surface area (Å²) in [6, 6.07) is 0. The molecule has 0 aromatic rings. The molecule has 0 aliphatic rings. The summed E-state index contributed by atoms with van der Waals surface area (Å²) in [5.41, 5.74) is 1.62. The van der Waals surface area contributed by atoms with E-state index in [1.165, 1.54) is 0 Å². The molecule has 0 rings (SSSR count). The fourth-order valence-corrected chi connectivity index (χ4v) is 1.16. The van der Waals surface area contributed by atoms with Crippen LogP contribution in [0.2, 0.25) is 0 Å². The maximum Gasteiger partial charge on any atom is 0.127 e. The van der Waals surface area contributed by atoms with E-state index in [4.69, 9.17) is 0 Å². The molecule has 2 heteroatoms. The van der Waals surface area contributed by atoms with Crippen LogP contribution < -0.4 is 0 Å². The summed E-state index contributed by atoms with van der Waals surface area (Å²) < 4.78 is 0. The van der Waals surface area contributed by atoms with Crippen molar-refractivity contribution in [3.8, 4) is 0 Å². The van der Waals surface area contributed by atoms with Gasteiger partial charge in [0.15, 0.2) is 0 Å². The Balaban J connectivity index is 4.52. The standard InChI is InChI=1S/C9H11BrO/c1-3-4-5-9(6-10)8(2)7-11/h3-5H,6H2,1-2H3. The third kappa shape index (κ3) is 3.97. The van der Waals surface area contributed by atoms with E-state index < -0.39 is 0 Å². The Bertz CT molecular complexity index is 220. The van der Waals surface area contributed by atoms with Crippen molar-refractivity contribution in [1.82, 2.24) is 0 Å². The van der Waals surface area contributed by atoms with Crippen molar-refractivity contribution < 1.29 is 4.79 Å². The van der Waals surface area contributed by atoms with E-state index in [1.807, 2.05) is 31.1 Å². The van der Waals surface area contributed by atoms with Crippen LogP contribution in [0.5, 0.6) is 0 Å². The van der Waals surface area contributed by atoms with Crippen molar-refractivity contribution in [3.63, 3.8) is 0 Å². The van der Waals surface area contributed by atoms with Gasteiger partial charge >= 0.3 is 0 Å². The second kappa shape index (κ2) is 6.14. The molecule has 0 saturated heterocycles. The van der Waals surface area contributed by atoms with Gasteiger partial charge in [0.2, 0.25) is 0 Å². The molecule has 0 bridgehead atoms. The lowest BCUT2D eigenvalue weighted by atomic mass is 10.1. The molecular formula is C9H11BrO. The van der Waals surface area contributed by atoms with Crippen molar-refractivity contribution in [2.75, 3.05) is 5.33 Å². The molecule has 11 heavy (non-hydrogen) atoms. The Kier molecular flexibility index (Phi) is 5.81. The van der Waals surface area contributed by atoms with Gasteiger partial charge in [-0.15, -0.1) is 0 Å². The van der Waals surface area contributed by atoms with Crippen molar-refractivity contribution in [3.05, 3.63) is 29.4 Å². The van der Waals surface area contributed by atoms with Crippen LogP contribution in [0.15, 0.2) is 29.4 Å². The Hall–Kier alpha value is -0.590. The average molecular weight is 215 g/mol. The molecule has 0 aliphatic heterocycles. The van der Waals surface area contributed by atoms with E-state index in [-0.39, 0.29) is 0 Å². The number of halogens is 1. The van der Waals surface area contributed by atoms with Crippen molar-refractivity contribution in [2.45, 2.75) is 13.8 Å². The van der Waals surface area contributed by atoms with Gasteiger partial charge in [-0.1, -0.05) is 34.2 Å². The van der Waals surface area contributed by atoms with Gasteiger partial charge < -0.3 is 0 Å². The molecule has 0 atom stereocenters. The fraction of sp³-hybridized carbons (Fsp3) is 0.333. The van der Waals surface area contributed by atoms with Gasteiger partial charge in [0.25, 0.3) is 0 Å². The SMILES string of the molecule is CC=CC=C(CBr)C(C)=C=O. The zero-order chi connectivity index (χ0) is 8.69. The third-order valence-corrected chi connectivity index (χ3v) is 1.87. The smallest absolute Gasteiger partial charge is 0.127 e. The van der Waals surface area contributed by atoms with E-state index >= 15 is 0 Å². The van der Waals surface area contributed by atoms with Crippen molar-refractivity contribution in [1.29, 1.82) is 0 Å². The summed E-state index contributed by atoms with van der Waals surface area (Å²) in [6.45, 7) is 3.69. The number of alkyl halides is 1. The van der Waals surface area contributed by atoms with Crippen LogP contribution in [0.1, 0.15) is 13.8 Å². The van der Waals surface area contributed by atoms with Gasteiger partial charge in [-0.3, -0.25) is 0 Å². The Morgan fingerprint density at radius 3 is 2.64 bits per heavy atom. The minimum absolute atomic E-state index is 0.653. The van der Waals surface area contributed by atoms with Gasteiger partial charge in [-0.25, -0.2) is 4.79 Å². The second-order valence-corrected chi connectivity index (χ2v) is 2.64. The number of rotatable bonds is 3. The fourth-order valence-electron chi connectivity index (χ4n) is 0.548. The zero-order valence-corrected chi connectivity index (χ0v) is 8.31. The molecule has 0 aliphatic carbocycles. The van der Waals surface area contributed by atoms with Crippen LogP contribution in [0, 0.1) is 0 Å². The maximum absolute atomic E-state index is 10.2. The highest BCUT2D eigenvalue weighted by Crippen LogP contribution is 2.08. The van der Waals surface area contributed by atoms with Crippen LogP contribution in [0.4, 0.5) is 0 Å². The predicted molar refractivity (Wildman–Crippen MR) is 51.6 cm³/mol. The lowest BCUT2D eigenvalue weighted by Gasteiger charge is -1.95. The first-order valence-corrected chi connectivity index (χ1v) is 4.48. The highest BCUT2D eigenvalue weighted by Gasteiger charge is 1.95. The summed E-state index contributed by atoms with van der Waals surface area (Å²) in [7, 11) is 0. The van der Waals surface area contributed by atoms with Crippen LogP contribution in [-0.4, -0.2) is 11.3 Å². The molecule has 0 unspecified atom stereocenters. The minimum Gasteiger partial charge on any atom is -0.233 e. The van der Waals surface area contributed by atoms with Gasteiger partial charge in [0.05, 0.1) is 0 Å². The van der Waals surface area contributed by atoms with Crippen LogP contribution in [0.3, 0.4) is 0 Å². The Labute approximate surface area is 75.6 Å². The monoisotopic (exact) mass is 214 g/mol. The first-order valence-electron chi connectivity index (χ1n) is 3.36. The molecule has 0 spiro atoms. The number of hydrogen-bond donors (Lipinski definition) is 0. The predicted octanol–water partition coefficient (Wildman–Crippen LogP) is 2.66. The molecule has 0 radical (unpaired) electrons. The van der Waals surface area contributed by atoms with Crippen LogP contribution in [-0.2, 0) is 4.79 Å². The first-order chi connectivity index (χ1) is 5.26. The second-order valence-electron chi connectivity index (χ2n) is 2.08. The van der Waals surface area contributed by atoms with E-state index in [9.17, 15) is 4.79 Å². The van der Waals surface area contributed by atoms with E-state index in [0.717, 1.165) is 5.57 Å². The Morgan fingerprint density at radius 2 is 2.27 bits per heavy atom. The summed E-state index contributed by atoms with van der Waals surface area (Å²) in [6.07, 6.45) is 5.72. The summed E-state index contributed by atoms with van der Waals surface area (Å²) >= 11 is 3.29. The minimum atomic E-state index is 0.653. The topological polar surface area (TPSA) is 17.1 Å². The van der Waals surface area contributed by atoms with Gasteiger partial charge in [-0.05, 0) is 19.4 Å².